The Balaban J connectivity index is 2.17. The molecule has 0 amide bonds. The SMILES string of the molecule is Cc1cc(F)ccc1C(O)Cc1ccsc1. The molecular formula is C13H13FOS. The number of thiophene rings is 1. The molecule has 2 aromatic rings. The minimum Gasteiger partial charge on any atom is -0.388 e. The summed E-state index contributed by atoms with van der Waals surface area (Å²) in [5.74, 6) is -0.260. The first kappa shape index (κ1) is 11.3. The van der Waals surface area contributed by atoms with Gasteiger partial charge in [0, 0.05) is 6.42 Å². The van der Waals surface area contributed by atoms with E-state index in [1.165, 1.54) is 12.1 Å². The van der Waals surface area contributed by atoms with Crippen LogP contribution in [0.3, 0.4) is 0 Å². The number of aliphatic hydroxyl groups excluding tert-OH is 1. The summed E-state index contributed by atoms with van der Waals surface area (Å²) in [4.78, 5) is 0. The van der Waals surface area contributed by atoms with Crippen LogP contribution in [0.4, 0.5) is 4.39 Å². The molecule has 2 rings (SSSR count). The summed E-state index contributed by atoms with van der Waals surface area (Å²) in [6, 6.07) is 6.49. The van der Waals surface area contributed by atoms with Crippen LogP contribution in [0.1, 0.15) is 22.8 Å². The Morgan fingerprint density at radius 1 is 1.38 bits per heavy atom. The van der Waals surface area contributed by atoms with Crippen molar-refractivity contribution in [2.24, 2.45) is 0 Å². The first-order valence-corrected chi connectivity index (χ1v) is 6.06. The highest BCUT2D eigenvalue weighted by Crippen LogP contribution is 2.23. The number of hydrogen-bond donors (Lipinski definition) is 1. The van der Waals surface area contributed by atoms with Gasteiger partial charge in [0.25, 0.3) is 0 Å². The highest BCUT2D eigenvalue weighted by atomic mass is 32.1. The maximum atomic E-state index is 12.9. The van der Waals surface area contributed by atoms with Crippen molar-refractivity contribution in [1.82, 2.24) is 0 Å². The van der Waals surface area contributed by atoms with Gasteiger partial charge in [-0.25, -0.2) is 4.39 Å². The second-order valence-electron chi connectivity index (χ2n) is 3.85. The van der Waals surface area contributed by atoms with Crippen molar-refractivity contribution in [1.29, 1.82) is 0 Å². The molecule has 0 bridgehead atoms. The third-order valence-corrected chi connectivity index (χ3v) is 3.33. The van der Waals surface area contributed by atoms with E-state index in [1.807, 2.05) is 23.8 Å². The fourth-order valence-corrected chi connectivity index (χ4v) is 2.44. The standard InChI is InChI=1S/C13H13FOS/c1-9-6-11(14)2-3-12(9)13(15)7-10-4-5-16-8-10/h2-6,8,13,15H,7H2,1H3. The largest absolute Gasteiger partial charge is 0.388 e. The molecule has 1 unspecified atom stereocenters. The molecule has 1 aromatic heterocycles. The van der Waals surface area contributed by atoms with Gasteiger partial charge in [0.1, 0.15) is 5.82 Å². The molecular weight excluding hydrogens is 223 g/mol. The molecule has 84 valence electrons. The topological polar surface area (TPSA) is 20.2 Å². The second kappa shape index (κ2) is 4.76. The van der Waals surface area contributed by atoms with Gasteiger partial charge in [-0.3, -0.25) is 0 Å². The summed E-state index contributed by atoms with van der Waals surface area (Å²) in [7, 11) is 0. The summed E-state index contributed by atoms with van der Waals surface area (Å²) >= 11 is 1.61. The molecule has 1 heterocycles. The van der Waals surface area contributed by atoms with E-state index in [1.54, 1.807) is 17.4 Å². The Labute approximate surface area is 98.2 Å². The summed E-state index contributed by atoms with van der Waals surface area (Å²) < 4.78 is 12.9. The number of hydrogen-bond acceptors (Lipinski definition) is 2. The zero-order valence-electron chi connectivity index (χ0n) is 8.98. The Hall–Kier alpha value is -1.19. The molecule has 0 aliphatic rings. The molecule has 0 radical (unpaired) electrons. The molecule has 16 heavy (non-hydrogen) atoms. The average molecular weight is 236 g/mol. The van der Waals surface area contributed by atoms with E-state index < -0.39 is 6.10 Å². The Kier molecular flexibility index (Phi) is 3.36. The van der Waals surface area contributed by atoms with E-state index in [-0.39, 0.29) is 5.82 Å². The highest BCUT2D eigenvalue weighted by Gasteiger charge is 2.11. The molecule has 0 aliphatic heterocycles. The highest BCUT2D eigenvalue weighted by molar-refractivity contribution is 7.07. The zero-order chi connectivity index (χ0) is 11.5. The average Bonchev–Trinajstić information content (AvgIpc) is 2.70. The van der Waals surface area contributed by atoms with Crippen molar-refractivity contribution in [3.8, 4) is 0 Å². The van der Waals surface area contributed by atoms with Crippen LogP contribution in [0.25, 0.3) is 0 Å². The van der Waals surface area contributed by atoms with E-state index in [0.29, 0.717) is 6.42 Å². The molecule has 0 fully saturated rings. The monoisotopic (exact) mass is 236 g/mol. The lowest BCUT2D eigenvalue weighted by molar-refractivity contribution is 0.178. The predicted molar refractivity (Wildman–Crippen MR) is 64.1 cm³/mol. The third kappa shape index (κ3) is 2.49. The van der Waals surface area contributed by atoms with E-state index >= 15 is 0 Å². The third-order valence-electron chi connectivity index (χ3n) is 2.60. The number of aryl methyl sites for hydroxylation is 1. The summed E-state index contributed by atoms with van der Waals surface area (Å²) in [6.45, 7) is 1.81. The van der Waals surface area contributed by atoms with Gasteiger partial charge in [0.05, 0.1) is 6.10 Å². The van der Waals surface area contributed by atoms with E-state index in [9.17, 15) is 9.50 Å². The molecule has 1 aromatic carbocycles. The minimum atomic E-state index is -0.560. The van der Waals surface area contributed by atoms with Gasteiger partial charge in [-0.1, -0.05) is 6.07 Å². The van der Waals surface area contributed by atoms with Gasteiger partial charge < -0.3 is 5.11 Å². The normalized spacial score (nSPS) is 12.7. The molecule has 1 atom stereocenters. The van der Waals surface area contributed by atoms with Crippen molar-refractivity contribution in [3.05, 3.63) is 57.5 Å². The molecule has 0 aliphatic carbocycles. The Morgan fingerprint density at radius 3 is 2.81 bits per heavy atom. The smallest absolute Gasteiger partial charge is 0.123 e. The van der Waals surface area contributed by atoms with Crippen molar-refractivity contribution < 1.29 is 9.50 Å². The first-order valence-electron chi connectivity index (χ1n) is 5.12. The number of halogens is 1. The van der Waals surface area contributed by atoms with Crippen molar-refractivity contribution >= 4 is 11.3 Å². The van der Waals surface area contributed by atoms with Gasteiger partial charge >= 0.3 is 0 Å². The van der Waals surface area contributed by atoms with Crippen LogP contribution in [0, 0.1) is 12.7 Å². The molecule has 0 saturated heterocycles. The number of benzene rings is 1. The van der Waals surface area contributed by atoms with E-state index in [2.05, 4.69) is 0 Å². The van der Waals surface area contributed by atoms with Gasteiger partial charge in [-0.15, -0.1) is 0 Å². The summed E-state index contributed by atoms with van der Waals surface area (Å²) in [5, 5.41) is 14.0. The van der Waals surface area contributed by atoms with Crippen LogP contribution >= 0.6 is 11.3 Å². The molecule has 0 spiro atoms. The van der Waals surface area contributed by atoms with Crippen LogP contribution in [0.2, 0.25) is 0 Å². The lowest BCUT2D eigenvalue weighted by atomic mass is 9.99. The summed E-state index contributed by atoms with van der Waals surface area (Å²) in [5.41, 5.74) is 2.71. The van der Waals surface area contributed by atoms with Gasteiger partial charge in [0.15, 0.2) is 0 Å². The Bertz CT molecular complexity index is 465. The van der Waals surface area contributed by atoms with Gasteiger partial charge in [-0.2, -0.15) is 11.3 Å². The maximum Gasteiger partial charge on any atom is 0.123 e. The molecule has 0 saturated carbocycles. The van der Waals surface area contributed by atoms with Crippen molar-refractivity contribution in [2.75, 3.05) is 0 Å². The number of aliphatic hydroxyl groups is 1. The van der Waals surface area contributed by atoms with Gasteiger partial charge in [-0.05, 0) is 52.6 Å². The van der Waals surface area contributed by atoms with Gasteiger partial charge in [0.2, 0.25) is 0 Å². The predicted octanol–water partition coefficient (Wildman–Crippen LogP) is 3.47. The van der Waals surface area contributed by atoms with Crippen molar-refractivity contribution in [3.63, 3.8) is 0 Å². The second-order valence-corrected chi connectivity index (χ2v) is 4.63. The van der Waals surface area contributed by atoms with E-state index in [0.717, 1.165) is 16.7 Å². The van der Waals surface area contributed by atoms with E-state index in [4.69, 9.17) is 0 Å². The molecule has 1 nitrogen and oxygen atoms in total. The quantitative estimate of drug-likeness (QED) is 0.865. The lowest BCUT2D eigenvalue weighted by Crippen LogP contribution is -2.03. The lowest BCUT2D eigenvalue weighted by Gasteiger charge is -2.12. The minimum absolute atomic E-state index is 0.260. The Morgan fingerprint density at radius 2 is 2.19 bits per heavy atom. The maximum absolute atomic E-state index is 12.9. The zero-order valence-corrected chi connectivity index (χ0v) is 9.80. The van der Waals surface area contributed by atoms with Crippen LogP contribution in [-0.4, -0.2) is 5.11 Å². The number of rotatable bonds is 3. The van der Waals surface area contributed by atoms with Crippen LogP contribution in [0.5, 0.6) is 0 Å². The van der Waals surface area contributed by atoms with Crippen molar-refractivity contribution in [2.45, 2.75) is 19.4 Å². The first-order chi connectivity index (χ1) is 7.66. The van der Waals surface area contributed by atoms with Crippen LogP contribution in [0.15, 0.2) is 35.0 Å². The molecule has 1 N–H and O–H groups in total. The summed E-state index contributed by atoms with van der Waals surface area (Å²) in [6.07, 6.45) is 0.0193. The van der Waals surface area contributed by atoms with Crippen LogP contribution < -0.4 is 0 Å². The fraction of sp³-hybridized carbons (Fsp3) is 0.231. The van der Waals surface area contributed by atoms with Crippen LogP contribution in [-0.2, 0) is 6.42 Å². The fourth-order valence-electron chi connectivity index (χ4n) is 1.76. The molecule has 3 heteroatoms.